The van der Waals surface area contributed by atoms with Crippen LogP contribution >= 0.6 is 15.9 Å². The van der Waals surface area contributed by atoms with Crippen molar-refractivity contribution in [1.82, 2.24) is 9.78 Å². The fraction of sp³-hybridized carbons (Fsp3) is 0.500. The van der Waals surface area contributed by atoms with Crippen LogP contribution in [0.5, 0.6) is 0 Å². The molecule has 0 fully saturated rings. The van der Waals surface area contributed by atoms with E-state index in [1.807, 2.05) is 23.7 Å². The standard InChI is InChI=1S/C14H20BrN3O/c1-4-11-14(15)12(18(5-2)17-11)8-10(16)13-7-6-9(3)19-13/h6-7,10H,4-5,8,16H2,1-3H3. The van der Waals surface area contributed by atoms with Crippen molar-refractivity contribution in [2.45, 2.75) is 46.2 Å². The summed E-state index contributed by atoms with van der Waals surface area (Å²) >= 11 is 3.64. The van der Waals surface area contributed by atoms with Crippen LogP contribution in [0.3, 0.4) is 0 Å². The lowest BCUT2D eigenvalue weighted by Gasteiger charge is -2.11. The van der Waals surface area contributed by atoms with E-state index in [2.05, 4.69) is 34.9 Å². The topological polar surface area (TPSA) is 57.0 Å². The van der Waals surface area contributed by atoms with Crippen molar-refractivity contribution >= 4 is 15.9 Å². The van der Waals surface area contributed by atoms with Gasteiger partial charge in [-0.05, 0) is 48.3 Å². The third kappa shape index (κ3) is 2.92. The summed E-state index contributed by atoms with van der Waals surface area (Å²) in [6.07, 6.45) is 1.63. The van der Waals surface area contributed by atoms with Gasteiger partial charge in [-0.15, -0.1) is 0 Å². The van der Waals surface area contributed by atoms with Gasteiger partial charge in [-0.25, -0.2) is 0 Å². The lowest BCUT2D eigenvalue weighted by Crippen LogP contribution is -2.15. The SMILES string of the molecule is CCc1nn(CC)c(CC(N)c2ccc(C)o2)c1Br. The highest BCUT2D eigenvalue weighted by molar-refractivity contribution is 9.10. The van der Waals surface area contributed by atoms with Gasteiger partial charge in [0.15, 0.2) is 0 Å². The van der Waals surface area contributed by atoms with E-state index in [9.17, 15) is 0 Å². The molecule has 4 nitrogen and oxygen atoms in total. The minimum absolute atomic E-state index is 0.142. The highest BCUT2D eigenvalue weighted by atomic mass is 79.9. The molecule has 0 saturated heterocycles. The number of nitrogens with zero attached hydrogens (tertiary/aromatic N) is 2. The Bertz CT molecular complexity index is 559. The van der Waals surface area contributed by atoms with Crippen molar-refractivity contribution in [3.63, 3.8) is 0 Å². The van der Waals surface area contributed by atoms with Gasteiger partial charge in [-0.3, -0.25) is 4.68 Å². The highest BCUT2D eigenvalue weighted by Crippen LogP contribution is 2.27. The van der Waals surface area contributed by atoms with Crippen LogP contribution in [0.2, 0.25) is 0 Å². The first kappa shape index (κ1) is 14.3. The molecule has 0 saturated carbocycles. The van der Waals surface area contributed by atoms with Crippen molar-refractivity contribution in [2.24, 2.45) is 5.73 Å². The second-order valence-corrected chi connectivity index (χ2v) is 5.43. The Labute approximate surface area is 122 Å². The van der Waals surface area contributed by atoms with E-state index < -0.39 is 0 Å². The molecule has 2 aromatic heterocycles. The summed E-state index contributed by atoms with van der Waals surface area (Å²) in [5.74, 6) is 1.72. The molecule has 1 atom stereocenters. The number of aromatic nitrogens is 2. The van der Waals surface area contributed by atoms with Crippen LogP contribution in [-0.4, -0.2) is 9.78 Å². The van der Waals surface area contributed by atoms with Crippen LogP contribution in [0.4, 0.5) is 0 Å². The smallest absolute Gasteiger partial charge is 0.121 e. The minimum atomic E-state index is -0.142. The van der Waals surface area contributed by atoms with Crippen LogP contribution < -0.4 is 5.73 Å². The van der Waals surface area contributed by atoms with Gasteiger partial charge in [-0.2, -0.15) is 5.10 Å². The normalized spacial score (nSPS) is 12.9. The van der Waals surface area contributed by atoms with E-state index in [1.54, 1.807) is 0 Å². The molecule has 2 N–H and O–H groups in total. The number of rotatable bonds is 5. The van der Waals surface area contributed by atoms with E-state index in [4.69, 9.17) is 10.2 Å². The summed E-state index contributed by atoms with van der Waals surface area (Å²) in [4.78, 5) is 0. The highest BCUT2D eigenvalue weighted by Gasteiger charge is 2.19. The minimum Gasteiger partial charge on any atom is -0.465 e. The zero-order valence-electron chi connectivity index (χ0n) is 11.6. The largest absolute Gasteiger partial charge is 0.465 e. The molecule has 104 valence electrons. The predicted octanol–water partition coefficient (Wildman–Crippen LogP) is 3.37. The molecule has 0 aliphatic carbocycles. The van der Waals surface area contributed by atoms with E-state index in [0.29, 0.717) is 6.42 Å². The van der Waals surface area contributed by atoms with E-state index >= 15 is 0 Å². The molecule has 2 aromatic rings. The third-order valence-electron chi connectivity index (χ3n) is 3.23. The van der Waals surface area contributed by atoms with Crippen molar-refractivity contribution in [1.29, 1.82) is 0 Å². The van der Waals surface area contributed by atoms with Gasteiger partial charge < -0.3 is 10.2 Å². The summed E-state index contributed by atoms with van der Waals surface area (Å²) in [6, 6.07) is 3.75. The first-order valence-electron chi connectivity index (χ1n) is 6.62. The van der Waals surface area contributed by atoms with Crippen LogP contribution in [0.25, 0.3) is 0 Å². The predicted molar refractivity (Wildman–Crippen MR) is 79.1 cm³/mol. The lowest BCUT2D eigenvalue weighted by molar-refractivity contribution is 0.438. The molecule has 5 heteroatoms. The second-order valence-electron chi connectivity index (χ2n) is 4.64. The number of aryl methyl sites for hydroxylation is 3. The lowest BCUT2D eigenvalue weighted by atomic mass is 10.1. The molecule has 0 aliphatic rings. The molecule has 0 aliphatic heterocycles. The van der Waals surface area contributed by atoms with Gasteiger partial charge in [0.05, 0.1) is 21.9 Å². The van der Waals surface area contributed by atoms with Gasteiger partial charge in [0.25, 0.3) is 0 Å². The van der Waals surface area contributed by atoms with Crippen LogP contribution in [0.15, 0.2) is 21.0 Å². The first-order valence-corrected chi connectivity index (χ1v) is 7.42. The Kier molecular flexibility index (Phi) is 4.47. The van der Waals surface area contributed by atoms with E-state index in [1.165, 1.54) is 0 Å². The fourth-order valence-corrected chi connectivity index (χ4v) is 2.90. The van der Waals surface area contributed by atoms with Crippen molar-refractivity contribution in [3.8, 4) is 0 Å². The van der Waals surface area contributed by atoms with Gasteiger partial charge in [0, 0.05) is 13.0 Å². The number of hydrogen-bond acceptors (Lipinski definition) is 3. The Balaban J connectivity index is 2.25. The molecule has 0 amide bonds. The van der Waals surface area contributed by atoms with Gasteiger partial charge in [-0.1, -0.05) is 6.92 Å². The number of halogens is 1. The molecule has 2 rings (SSSR count). The maximum absolute atomic E-state index is 6.23. The van der Waals surface area contributed by atoms with Crippen molar-refractivity contribution < 1.29 is 4.42 Å². The van der Waals surface area contributed by atoms with E-state index in [-0.39, 0.29) is 6.04 Å². The van der Waals surface area contributed by atoms with Crippen LogP contribution in [-0.2, 0) is 19.4 Å². The van der Waals surface area contributed by atoms with Gasteiger partial charge in [0.2, 0.25) is 0 Å². The zero-order chi connectivity index (χ0) is 14.0. The molecule has 0 radical (unpaired) electrons. The number of furan rings is 1. The van der Waals surface area contributed by atoms with Gasteiger partial charge in [0.1, 0.15) is 11.5 Å². The molecular weight excluding hydrogens is 306 g/mol. The Hall–Kier alpha value is -1.07. The molecular formula is C14H20BrN3O. The summed E-state index contributed by atoms with van der Waals surface area (Å²) in [5, 5.41) is 4.58. The molecule has 2 heterocycles. The van der Waals surface area contributed by atoms with Crippen LogP contribution in [0, 0.1) is 6.92 Å². The van der Waals surface area contributed by atoms with E-state index in [0.717, 1.165) is 40.3 Å². The summed E-state index contributed by atoms with van der Waals surface area (Å²) in [6.45, 7) is 6.97. The Morgan fingerprint density at radius 1 is 1.42 bits per heavy atom. The van der Waals surface area contributed by atoms with Crippen molar-refractivity contribution in [3.05, 3.63) is 39.5 Å². The number of nitrogens with two attached hydrogens (primary N) is 1. The summed E-state index contributed by atoms with van der Waals surface area (Å²) < 4.78 is 8.69. The average molecular weight is 326 g/mol. The Morgan fingerprint density at radius 2 is 2.16 bits per heavy atom. The average Bonchev–Trinajstić information content (AvgIpc) is 2.95. The summed E-state index contributed by atoms with van der Waals surface area (Å²) in [7, 11) is 0. The monoisotopic (exact) mass is 325 g/mol. The van der Waals surface area contributed by atoms with Crippen molar-refractivity contribution in [2.75, 3.05) is 0 Å². The van der Waals surface area contributed by atoms with Gasteiger partial charge >= 0.3 is 0 Å². The molecule has 0 spiro atoms. The molecule has 1 unspecified atom stereocenters. The maximum Gasteiger partial charge on any atom is 0.121 e. The quantitative estimate of drug-likeness (QED) is 0.916. The van der Waals surface area contributed by atoms with Crippen LogP contribution in [0.1, 0.15) is 42.8 Å². The third-order valence-corrected chi connectivity index (χ3v) is 4.15. The zero-order valence-corrected chi connectivity index (χ0v) is 13.2. The molecule has 0 aromatic carbocycles. The molecule has 19 heavy (non-hydrogen) atoms. The first-order chi connectivity index (χ1) is 9.06. The fourth-order valence-electron chi connectivity index (χ4n) is 2.17. The second kappa shape index (κ2) is 5.92. The summed E-state index contributed by atoms with van der Waals surface area (Å²) in [5.41, 5.74) is 8.45. The number of hydrogen-bond donors (Lipinski definition) is 1. The maximum atomic E-state index is 6.23. The Morgan fingerprint density at radius 3 is 2.68 bits per heavy atom. The molecule has 0 bridgehead atoms.